The number of nitrogens with zero attached hydrogens (tertiary/aromatic N) is 1. The van der Waals surface area contributed by atoms with E-state index in [9.17, 15) is 0 Å². The third kappa shape index (κ3) is 4.08. The van der Waals surface area contributed by atoms with Gasteiger partial charge in [-0.25, -0.2) is 0 Å². The van der Waals surface area contributed by atoms with Crippen molar-refractivity contribution in [2.24, 2.45) is 0 Å². The summed E-state index contributed by atoms with van der Waals surface area (Å²) in [4.78, 5) is 3.86. The van der Waals surface area contributed by atoms with Crippen LogP contribution in [0.2, 0.25) is 0 Å². The number of hydrogen-bond donors (Lipinski definition) is 1. The SMILES string of the molecule is CCNC(C)c1ccccc1N(C)C(C)Cc1cccs1. The Labute approximate surface area is 132 Å². The molecule has 114 valence electrons. The summed E-state index contributed by atoms with van der Waals surface area (Å²) in [5.74, 6) is 0. The third-order valence-electron chi connectivity index (χ3n) is 4.03. The summed E-state index contributed by atoms with van der Waals surface area (Å²) >= 11 is 1.84. The van der Waals surface area contributed by atoms with Gasteiger partial charge >= 0.3 is 0 Å². The Balaban J connectivity index is 2.16. The van der Waals surface area contributed by atoms with E-state index in [1.807, 2.05) is 11.3 Å². The molecule has 0 aliphatic rings. The van der Waals surface area contributed by atoms with E-state index >= 15 is 0 Å². The molecule has 21 heavy (non-hydrogen) atoms. The highest BCUT2D eigenvalue weighted by molar-refractivity contribution is 7.09. The molecule has 2 aromatic rings. The molecule has 0 radical (unpaired) electrons. The molecule has 1 aromatic carbocycles. The van der Waals surface area contributed by atoms with Crippen LogP contribution in [-0.4, -0.2) is 19.6 Å². The Kier molecular flexibility index (Phi) is 5.83. The van der Waals surface area contributed by atoms with Gasteiger partial charge in [-0.2, -0.15) is 0 Å². The van der Waals surface area contributed by atoms with E-state index in [1.54, 1.807) is 0 Å². The van der Waals surface area contributed by atoms with Crippen molar-refractivity contribution in [3.63, 3.8) is 0 Å². The van der Waals surface area contributed by atoms with Crippen LogP contribution in [0.15, 0.2) is 41.8 Å². The standard InChI is InChI=1S/C18H26N2S/c1-5-19-15(3)17-10-6-7-11-18(17)20(4)14(2)13-16-9-8-12-21-16/h6-12,14-15,19H,5,13H2,1-4H3. The normalized spacial score (nSPS) is 13.9. The van der Waals surface area contributed by atoms with Gasteiger partial charge in [0.05, 0.1) is 0 Å². The fourth-order valence-electron chi connectivity index (χ4n) is 2.69. The molecule has 0 amide bonds. The Morgan fingerprint density at radius 1 is 1.14 bits per heavy atom. The molecule has 0 aliphatic heterocycles. The Hall–Kier alpha value is -1.32. The molecule has 0 spiro atoms. The predicted octanol–water partition coefficient (Wildman–Crippen LogP) is 4.49. The molecule has 1 aromatic heterocycles. The number of benzene rings is 1. The minimum absolute atomic E-state index is 0.377. The molecular formula is C18H26N2S. The average molecular weight is 302 g/mol. The second-order valence-electron chi connectivity index (χ2n) is 5.58. The molecule has 2 unspecified atom stereocenters. The first-order valence-corrected chi connectivity index (χ1v) is 8.59. The highest BCUT2D eigenvalue weighted by atomic mass is 32.1. The van der Waals surface area contributed by atoms with E-state index < -0.39 is 0 Å². The first kappa shape index (κ1) is 16.1. The molecule has 2 atom stereocenters. The van der Waals surface area contributed by atoms with Crippen LogP contribution >= 0.6 is 11.3 Å². The maximum atomic E-state index is 3.52. The van der Waals surface area contributed by atoms with Gasteiger partial charge in [-0.1, -0.05) is 31.2 Å². The molecular weight excluding hydrogens is 276 g/mol. The van der Waals surface area contributed by atoms with E-state index in [1.165, 1.54) is 16.1 Å². The van der Waals surface area contributed by atoms with Crippen LogP contribution in [0.1, 0.15) is 37.3 Å². The number of hydrogen-bond acceptors (Lipinski definition) is 3. The summed E-state index contributed by atoms with van der Waals surface area (Å²) < 4.78 is 0. The summed E-state index contributed by atoms with van der Waals surface area (Å²) in [7, 11) is 2.20. The summed E-state index contributed by atoms with van der Waals surface area (Å²) in [5.41, 5.74) is 2.70. The van der Waals surface area contributed by atoms with Gasteiger partial charge in [-0.3, -0.25) is 0 Å². The zero-order valence-corrected chi connectivity index (χ0v) is 14.3. The van der Waals surface area contributed by atoms with E-state index in [2.05, 4.69) is 79.8 Å². The lowest BCUT2D eigenvalue weighted by atomic mass is 10.0. The van der Waals surface area contributed by atoms with Crippen molar-refractivity contribution in [1.29, 1.82) is 0 Å². The van der Waals surface area contributed by atoms with Gasteiger partial charge in [0.1, 0.15) is 0 Å². The van der Waals surface area contributed by atoms with Crippen molar-refractivity contribution in [1.82, 2.24) is 5.32 Å². The van der Waals surface area contributed by atoms with Crippen LogP contribution in [0.4, 0.5) is 5.69 Å². The summed E-state index contributed by atoms with van der Waals surface area (Å²) in [6.45, 7) is 7.68. The summed E-state index contributed by atoms with van der Waals surface area (Å²) in [6.07, 6.45) is 1.10. The lowest BCUT2D eigenvalue weighted by molar-refractivity contribution is 0.592. The smallest absolute Gasteiger partial charge is 0.0414 e. The number of thiophene rings is 1. The fourth-order valence-corrected chi connectivity index (χ4v) is 3.51. The topological polar surface area (TPSA) is 15.3 Å². The van der Waals surface area contributed by atoms with E-state index in [4.69, 9.17) is 0 Å². The second-order valence-corrected chi connectivity index (χ2v) is 6.61. The maximum Gasteiger partial charge on any atom is 0.0414 e. The van der Waals surface area contributed by atoms with Gasteiger partial charge in [0.15, 0.2) is 0 Å². The zero-order valence-electron chi connectivity index (χ0n) is 13.5. The van der Waals surface area contributed by atoms with E-state index in [-0.39, 0.29) is 0 Å². The zero-order chi connectivity index (χ0) is 15.2. The van der Waals surface area contributed by atoms with Crippen molar-refractivity contribution >= 4 is 17.0 Å². The summed E-state index contributed by atoms with van der Waals surface area (Å²) in [5, 5.41) is 5.67. The van der Waals surface area contributed by atoms with Crippen molar-refractivity contribution in [3.8, 4) is 0 Å². The van der Waals surface area contributed by atoms with Crippen molar-refractivity contribution < 1.29 is 0 Å². The highest BCUT2D eigenvalue weighted by Crippen LogP contribution is 2.27. The molecule has 3 heteroatoms. The Bertz CT molecular complexity index is 536. The summed E-state index contributed by atoms with van der Waals surface area (Å²) in [6, 6.07) is 13.9. The minimum atomic E-state index is 0.377. The van der Waals surface area contributed by atoms with Crippen LogP contribution in [0.5, 0.6) is 0 Å². The quantitative estimate of drug-likeness (QED) is 0.811. The van der Waals surface area contributed by atoms with Crippen LogP contribution < -0.4 is 10.2 Å². The number of rotatable bonds is 7. The monoisotopic (exact) mass is 302 g/mol. The van der Waals surface area contributed by atoms with Crippen LogP contribution in [-0.2, 0) is 6.42 Å². The van der Waals surface area contributed by atoms with Gasteiger partial charge in [-0.05, 0) is 43.5 Å². The molecule has 0 fully saturated rings. The van der Waals surface area contributed by atoms with Gasteiger partial charge in [0, 0.05) is 36.1 Å². The van der Waals surface area contributed by atoms with Gasteiger partial charge in [0.2, 0.25) is 0 Å². The number of likely N-dealkylation sites (N-methyl/N-ethyl adjacent to an activating group) is 1. The first-order valence-electron chi connectivity index (χ1n) is 7.71. The first-order chi connectivity index (χ1) is 10.1. The molecule has 1 heterocycles. The minimum Gasteiger partial charge on any atom is -0.371 e. The van der Waals surface area contributed by atoms with Crippen LogP contribution in [0.25, 0.3) is 0 Å². The van der Waals surface area contributed by atoms with Crippen LogP contribution in [0.3, 0.4) is 0 Å². The fraction of sp³-hybridized carbons (Fsp3) is 0.444. The second kappa shape index (κ2) is 7.62. The molecule has 2 rings (SSSR count). The third-order valence-corrected chi connectivity index (χ3v) is 4.93. The molecule has 2 nitrogen and oxygen atoms in total. The molecule has 0 aliphatic carbocycles. The predicted molar refractivity (Wildman–Crippen MR) is 94.4 cm³/mol. The van der Waals surface area contributed by atoms with Crippen molar-refractivity contribution in [3.05, 3.63) is 52.2 Å². The number of para-hydroxylation sites is 1. The van der Waals surface area contributed by atoms with E-state index in [0.717, 1.165) is 13.0 Å². The lowest BCUT2D eigenvalue weighted by Gasteiger charge is -2.30. The van der Waals surface area contributed by atoms with Gasteiger partial charge in [0.25, 0.3) is 0 Å². The van der Waals surface area contributed by atoms with Crippen molar-refractivity contribution in [2.45, 2.75) is 39.3 Å². The highest BCUT2D eigenvalue weighted by Gasteiger charge is 2.16. The Morgan fingerprint density at radius 2 is 1.90 bits per heavy atom. The largest absolute Gasteiger partial charge is 0.371 e. The Morgan fingerprint density at radius 3 is 2.57 bits per heavy atom. The van der Waals surface area contributed by atoms with Crippen molar-refractivity contribution in [2.75, 3.05) is 18.5 Å². The van der Waals surface area contributed by atoms with Gasteiger partial charge in [-0.15, -0.1) is 11.3 Å². The average Bonchev–Trinajstić information content (AvgIpc) is 2.99. The molecule has 1 N–H and O–H groups in total. The molecule has 0 saturated carbocycles. The molecule has 0 bridgehead atoms. The van der Waals surface area contributed by atoms with E-state index in [0.29, 0.717) is 12.1 Å². The maximum absolute atomic E-state index is 3.52. The van der Waals surface area contributed by atoms with Crippen LogP contribution in [0, 0.1) is 0 Å². The number of anilines is 1. The van der Waals surface area contributed by atoms with Gasteiger partial charge < -0.3 is 10.2 Å². The molecule has 0 saturated heterocycles. The number of nitrogens with one attached hydrogen (secondary N) is 1. The lowest BCUT2D eigenvalue weighted by Crippen LogP contribution is -2.32.